The maximum absolute atomic E-state index is 4.77. The SMILES string of the molecule is CCc1cnc(CCc2cccc3ccccc23)cc1N1CCCCC1.Cl. The third-order valence-electron chi connectivity index (χ3n) is 5.63. The van der Waals surface area contributed by atoms with Crippen molar-refractivity contribution in [3.63, 3.8) is 0 Å². The van der Waals surface area contributed by atoms with Gasteiger partial charge in [0, 0.05) is 30.7 Å². The number of halogens is 1. The molecule has 0 saturated carbocycles. The van der Waals surface area contributed by atoms with E-state index in [1.54, 1.807) is 0 Å². The monoisotopic (exact) mass is 380 g/mol. The Labute approximate surface area is 169 Å². The number of piperidine rings is 1. The zero-order chi connectivity index (χ0) is 17.8. The number of nitrogens with zero attached hydrogens (tertiary/aromatic N) is 2. The van der Waals surface area contributed by atoms with E-state index in [1.165, 1.54) is 65.6 Å². The number of fused-ring (bicyclic) bond motifs is 1. The van der Waals surface area contributed by atoms with E-state index in [0.29, 0.717) is 0 Å². The first-order chi connectivity index (χ1) is 12.8. The van der Waals surface area contributed by atoms with Gasteiger partial charge in [0.25, 0.3) is 0 Å². The largest absolute Gasteiger partial charge is 0.371 e. The van der Waals surface area contributed by atoms with E-state index >= 15 is 0 Å². The summed E-state index contributed by atoms with van der Waals surface area (Å²) < 4.78 is 0. The highest BCUT2D eigenvalue weighted by Gasteiger charge is 2.15. The molecule has 3 aromatic rings. The van der Waals surface area contributed by atoms with Crippen molar-refractivity contribution >= 4 is 28.9 Å². The molecule has 0 unspecified atom stereocenters. The lowest BCUT2D eigenvalue weighted by Crippen LogP contribution is -2.30. The van der Waals surface area contributed by atoms with Gasteiger partial charge in [-0.3, -0.25) is 4.98 Å². The lowest BCUT2D eigenvalue weighted by Gasteiger charge is -2.30. The fourth-order valence-electron chi connectivity index (χ4n) is 4.13. The van der Waals surface area contributed by atoms with E-state index in [2.05, 4.69) is 66.6 Å². The van der Waals surface area contributed by atoms with Crippen LogP contribution in [0, 0.1) is 0 Å². The molecule has 1 saturated heterocycles. The van der Waals surface area contributed by atoms with Gasteiger partial charge in [-0.1, -0.05) is 49.4 Å². The van der Waals surface area contributed by atoms with Crippen LogP contribution in [0.5, 0.6) is 0 Å². The van der Waals surface area contributed by atoms with Crippen molar-refractivity contribution < 1.29 is 0 Å². The van der Waals surface area contributed by atoms with E-state index < -0.39 is 0 Å². The average Bonchev–Trinajstić information content (AvgIpc) is 2.72. The number of benzene rings is 2. The molecule has 0 amide bonds. The zero-order valence-corrected chi connectivity index (χ0v) is 17.0. The summed E-state index contributed by atoms with van der Waals surface area (Å²) in [5.74, 6) is 0. The van der Waals surface area contributed by atoms with Crippen molar-refractivity contribution in [1.29, 1.82) is 0 Å². The van der Waals surface area contributed by atoms with E-state index in [-0.39, 0.29) is 12.4 Å². The van der Waals surface area contributed by atoms with Gasteiger partial charge in [0.2, 0.25) is 0 Å². The molecule has 2 aromatic carbocycles. The number of aryl methyl sites for hydroxylation is 3. The van der Waals surface area contributed by atoms with E-state index in [0.717, 1.165) is 19.3 Å². The maximum atomic E-state index is 4.77. The number of hydrogen-bond acceptors (Lipinski definition) is 2. The maximum Gasteiger partial charge on any atom is 0.0432 e. The van der Waals surface area contributed by atoms with Crippen LogP contribution in [0.1, 0.15) is 43.0 Å². The minimum Gasteiger partial charge on any atom is -0.371 e. The Morgan fingerprint density at radius 3 is 2.48 bits per heavy atom. The number of aromatic nitrogens is 1. The number of pyridine rings is 1. The van der Waals surface area contributed by atoms with Crippen LogP contribution in [0.4, 0.5) is 5.69 Å². The topological polar surface area (TPSA) is 16.1 Å². The van der Waals surface area contributed by atoms with Crippen LogP contribution in [0.2, 0.25) is 0 Å². The molecule has 1 aliphatic heterocycles. The molecule has 0 spiro atoms. The van der Waals surface area contributed by atoms with Crippen LogP contribution >= 0.6 is 12.4 Å². The first-order valence-electron chi connectivity index (χ1n) is 10.0. The Hall–Kier alpha value is -2.06. The first-order valence-corrected chi connectivity index (χ1v) is 10.0. The average molecular weight is 381 g/mol. The van der Waals surface area contributed by atoms with Crippen molar-refractivity contribution in [3.8, 4) is 0 Å². The van der Waals surface area contributed by atoms with Crippen molar-refractivity contribution in [2.75, 3.05) is 18.0 Å². The van der Waals surface area contributed by atoms with E-state index in [1.807, 2.05) is 0 Å². The fourth-order valence-corrected chi connectivity index (χ4v) is 4.13. The molecule has 2 heterocycles. The van der Waals surface area contributed by atoms with Gasteiger partial charge < -0.3 is 4.90 Å². The number of anilines is 1. The van der Waals surface area contributed by atoms with E-state index in [4.69, 9.17) is 4.98 Å². The Balaban J connectivity index is 0.00000210. The molecule has 0 radical (unpaired) electrons. The summed E-state index contributed by atoms with van der Waals surface area (Å²) in [5, 5.41) is 2.70. The number of rotatable bonds is 5. The summed E-state index contributed by atoms with van der Waals surface area (Å²) >= 11 is 0. The molecule has 2 nitrogen and oxygen atoms in total. The predicted molar refractivity (Wildman–Crippen MR) is 118 cm³/mol. The normalized spacial score (nSPS) is 14.2. The molecular weight excluding hydrogens is 352 g/mol. The minimum absolute atomic E-state index is 0. The second kappa shape index (κ2) is 9.23. The summed E-state index contributed by atoms with van der Waals surface area (Å²) in [4.78, 5) is 7.35. The van der Waals surface area contributed by atoms with Gasteiger partial charge in [-0.2, -0.15) is 0 Å². The molecule has 0 aliphatic carbocycles. The minimum atomic E-state index is 0. The van der Waals surface area contributed by atoms with Crippen molar-refractivity contribution in [3.05, 3.63) is 71.5 Å². The molecule has 142 valence electrons. The molecule has 3 heteroatoms. The second-order valence-electron chi connectivity index (χ2n) is 7.34. The smallest absolute Gasteiger partial charge is 0.0432 e. The van der Waals surface area contributed by atoms with Gasteiger partial charge >= 0.3 is 0 Å². The summed E-state index contributed by atoms with van der Waals surface area (Å²) in [6, 6.07) is 17.7. The van der Waals surface area contributed by atoms with Gasteiger partial charge in [0.15, 0.2) is 0 Å². The second-order valence-corrected chi connectivity index (χ2v) is 7.34. The number of hydrogen-bond donors (Lipinski definition) is 0. The predicted octanol–water partition coefficient (Wildman–Crippen LogP) is 5.99. The van der Waals surface area contributed by atoms with E-state index in [9.17, 15) is 0 Å². The van der Waals surface area contributed by atoms with Crippen molar-refractivity contribution in [2.45, 2.75) is 45.4 Å². The van der Waals surface area contributed by atoms with Crippen molar-refractivity contribution in [1.82, 2.24) is 4.98 Å². The van der Waals surface area contributed by atoms with Crippen molar-refractivity contribution in [2.24, 2.45) is 0 Å². The Kier molecular flexibility index (Phi) is 6.73. The summed E-state index contributed by atoms with van der Waals surface area (Å²) in [5.41, 5.74) is 5.45. The molecule has 1 aliphatic rings. The van der Waals surface area contributed by atoms with Crippen LogP contribution in [-0.2, 0) is 19.3 Å². The van der Waals surface area contributed by atoms with Crippen LogP contribution in [0.3, 0.4) is 0 Å². The molecule has 27 heavy (non-hydrogen) atoms. The van der Waals surface area contributed by atoms with Crippen LogP contribution in [0.25, 0.3) is 10.8 Å². The molecule has 1 fully saturated rings. The lowest BCUT2D eigenvalue weighted by molar-refractivity contribution is 0.576. The van der Waals surface area contributed by atoms with Crippen LogP contribution < -0.4 is 4.90 Å². The summed E-state index contributed by atoms with van der Waals surface area (Å²) in [7, 11) is 0. The Bertz CT molecular complexity index is 879. The Morgan fingerprint density at radius 2 is 1.67 bits per heavy atom. The molecule has 1 aromatic heterocycles. The van der Waals surface area contributed by atoms with Gasteiger partial charge in [0.05, 0.1) is 0 Å². The molecule has 0 N–H and O–H groups in total. The fraction of sp³-hybridized carbons (Fsp3) is 0.375. The highest BCUT2D eigenvalue weighted by molar-refractivity contribution is 5.86. The van der Waals surface area contributed by atoms with Gasteiger partial charge in [-0.05, 0) is 66.5 Å². The highest BCUT2D eigenvalue weighted by atomic mass is 35.5. The zero-order valence-electron chi connectivity index (χ0n) is 16.2. The lowest BCUT2D eigenvalue weighted by atomic mass is 9.99. The van der Waals surface area contributed by atoms with Gasteiger partial charge in [-0.15, -0.1) is 12.4 Å². The standard InChI is InChI=1S/C24H28N2.ClH/c1-2-19-18-25-22(17-24(19)26-15-6-3-7-16-26)14-13-21-11-8-10-20-9-4-5-12-23(20)21;/h4-5,8-12,17-18H,2-3,6-7,13-16H2,1H3;1H. The highest BCUT2D eigenvalue weighted by Crippen LogP contribution is 2.26. The summed E-state index contributed by atoms with van der Waals surface area (Å²) in [6.07, 6.45) is 9.22. The van der Waals surface area contributed by atoms with Crippen LogP contribution in [-0.4, -0.2) is 18.1 Å². The first kappa shape index (κ1) is 19.7. The molecule has 0 atom stereocenters. The molecule has 0 bridgehead atoms. The van der Waals surface area contributed by atoms with Gasteiger partial charge in [-0.25, -0.2) is 0 Å². The van der Waals surface area contributed by atoms with Gasteiger partial charge in [0.1, 0.15) is 0 Å². The van der Waals surface area contributed by atoms with Crippen LogP contribution in [0.15, 0.2) is 54.7 Å². The molecular formula is C24H29ClN2. The molecule has 4 rings (SSSR count). The quantitative estimate of drug-likeness (QED) is 0.540. The third-order valence-corrected chi connectivity index (χ3v) is 5.63. The third kappa shape index (κ3) is 4.44. The Morgan fingerprint density at radius 1 is 0.889 bits per heavy atom. The summed E-state index contributed by atoms with van der Waals surface area (Å²) in [6.45, 7) is 4.62.